The summed E-state index contributed by atoms with van der Waals surface area (Å²) in [5, 5.41) is 13.3. The number of carboxylic acid groups (broad SMARTS) is 1. The van der Waals surface area contributed by atoms with Crippen molar-refractivity contribution >= 4 is 28.3 Å². The maximum absolute atomic E-state index is 11.2. The molecule has 5 heteroatoms. The van der Waals surface area contributed by atoms with Crippen molar-refractivity contribution in [1.29, 1.82) is 0 Å². The Hall–Kier alpha value is -2.14. The van der Waals surface area contributed by atoms with Gasteiger partial charge >= 0.3 is 5.97 Å². The molecule has 4 nitrogen and oxygen atoms in total. The van der Waals surface area contributed by atoms with Gasteiger partial charge in [-0.3, -0.25) is 0 Å². The summed E-state index contributed by atoms with van der Waals surface area (Å²) in [5.74, 6) is -0.945. The van der Waals surface area contributed by atoms with Crippen LogP contribution >= 0.6 is 11.3 Å². The molecule has 3 aromatic rings. The van der Waals surface area contributed by atoms with Crippen LogP contribution in [-0.2, 0) is 0 Å². The number of rotatable bonds is 3. The summed E-state index contributed by atoms with van der Waals surface area (Å²) in [6.45, 7) is 2.08. The average molecular weight is 272 g/mol. The van der Waals surface area contributed by atoms with Crippen LogP contribution in [0, 0.1) is 0 Å². The predicted molar refractivity (Wildman–Crippen MR) is 74.8 cm³/mol. The Bertz CT molecular complexity index is 731. The Morgan fingerprint density at radius 2 is 2.26 bits per heavy atom. The van der Waals surface area contributed by atoms with Gasteiger partial charge in [-0.25, -0.2) is 9.78 Å². The highest BCUT2D eigenvalue weighted by atomic mass is 32.1. The molecule has 0 aliphatic rings. The average Bonchev–Trinajstić information content (AvgIpc) is 3.06. The van der Waals surface area contributed by atoms with Crippen LogP contribution in [-0.4, -0.2) is 20.6 Å². The highest BCUT2D eigenvalue weighted by Crippen LogP contribution is 2.26. The quantitative estimate of drug-likeness (QED) is 0.795. The number of aromatic carboxylic acids is 1. The van der Waals surface area contributed by atoms with Crippen LogP contribution in [0.5, 0.6) is 0 Å². The van der Waals surface area contributed by atoms with Gasteiger partial charge in [0.2, 0.25) is 0 Å². The molecule has 1 atom stereocenters. The van der Waals surface area contributed by atoms with E-state index < -0.39 is 5.97 Å². The van der Waals surface area contributed by atoms with Crippen LogP contribution in [0.2, 0.25) is 0 Å². The molecule has 1 unspecified atom stereocenters. The highest BCUT2D eigenvalue weighted by molar-refractivity contribution is 7.07. The number of benzene rings is 1. The van der Waals surface area contributed by atoms with E-state index in [-0.39, 0.29) is 11.6 Å². The first-order chi connectivity index (χ1) is 9.18. The molecule has 2 heterocycles. The van der Waals surface area contributed by atoms with Gasteiger partial charge < -0.3 is 9.67 Å². The van der Waals surface area contributed by atoms with Crippen LogP contribution in [0.1, 0.15) is 28.9 Å². The number of imidazole rings is 1. The first-order valence-electron chi connectivity index (χ1n) is 5.89. The van der Waals surface area contributed by atoms with E-state index in [4.69, 9.17) is 5.11 Å². The van der Waals surface area contributed by atoms with Gasteiger partial charge in [-0.1, -0.05) is 6.07 Å². The first-order valence-corrected chi connectivity index (χ1v) is 6.83. The van der Waals surface area contributed by atoms with Crippen molar-refractivity contribution in [2.75, 3.05) is 0 Å². The van der Waals surface area contributed by atoms with E-state index in [2.05, 4.69) is 23.4 Å². The summed E-state index contributed by atoms with van der Waals surface area (Å²) in [6.07, 6.45) is 1.71. The van der Waals surface area contributed by atoms with Crippen molar-refractivity contribution in [3.05, 3.63) is 52.5 Å². The van der Waals surface area contributed by atoms with Crippen molar-refractivity contribution in [1.82, 2.24) is 9.55 Å². The lowest BCUT2D eigenvalue weighted by Crippen LogP contribution is -2.04. The van der Waals surface area contributed by atoms with E-state index in [1.165, 1.54) is 5.56 Å². The van der Waals surface area contributed by atoms with Gasteiger partial charge in [0.15, 0.2) is 0 Å². The van der Waals surface area contributed by atoms with Gasteiger partial charge in [0, 0.05) is 0 Å². The van der Waals surface area contributed by atoms with Crippen molar-refractivity contribution in [2.45, 2.75) is 13.0 Å². The lowest BCUT2D eigenvalue weighted by atomic mass is 10.1. The number of para-hydroxylation sites is 1. The van der Waals surface area contributed by atoms with Gasteiger partial charge in [0.25, 0.3) is 0 Å². The standard InChI is InChI=1S/C14H12N2O2S/c1-9(10-5-6-19-7-10)16-8-15-13-11(14(17)18)3-2-4-12(13)16/h2-9H,1H3,(H,17,18). The van der Waals surface area contributed by atoms with Crippen LogP contribution in [0.3, 0.4) is 0 Å². The van der Waals surface area contributed by atoms with Crippen LogP contribution < -0.4 is 0 Å². The summed E-state index contributed by atoms with van der Waals surface area (Å²) < 4.78 is 2.00. The lowest BCUT2D eigenvalue weighted by molar-refractivity contribution is 0.0699. The third-order valence-electron chi connectivity index (χ3n) is 3.28. The molecule has 0 bridgehead atoms. The monoisotopic (exact) mass is 272 g/mol. The lowest BCUT2D eigenvalue weighted by Gasteiger charge is -2.13. The molecule has 1 N–H and O–H groups in total. The molecule has 19 heavy (non-hydrogen) atoms. The maximum Gasteiger partial charge on any atom is 0.337 e. The number of carboxylic acids is 1. The molecule has 0 aliphatic heterocycles. The fourth-order valence-corrected chi connectivity index (χ4v) is 2.96. The summed E-state index contributed by atoms with van der Waals surface area (Å²) in [5.41, 5.74) is 2.83. The molecular formula is C14H12N2O2S. The fraction of sp³-hybridized carbons (Fsp3) is 0.143. The van der Waals surface area contributed by atoms with Crippen LogP contribution in [0.25, 0.3) is 11.0 Å². The van der Waals surface area contributed by atoms with Crippen molar-refractivity contribution in [3.63, 3.8) is 0 Å². The minimum Gasteiger partial charge on any atom is -0.478 e. The molecule has 0 aliphatic carbocycles. The van der Waals surface area contributed by atoms with Crippen molar-refractivity contribution in [2.24, 2.45) is 0 Å². The van der Waals surface area contributed by atoms with E-state index in [0.29, 0.717) is 5.52 Å². The van der Waals surface area contributed by atoms with Gasteiger partial charge in [0.1, 0.15) is 5.52 Å². The van der Waals surface area contributed by atoms with Gasteiger partial charge in [-0.15, -0.1) is 0 Å². The largest absolute Gasteiger partial charge is 0.478 e. The minimum atomic E-state index is -0.945. The van der Waals surface area contributed by atoms with Gasteiger partial charge in [-0.05, 0) is 41.4 Å². The zero-order valence-electron chi connectivity index (χ0n) is 10.3. The molecule has 0 radical (unpaired) electrons. The van der Waals surface area contributed by atoms with E-state index in [0.717, 1.165) is 5.52 Å². The molecule has 0 amide bonds. The van der Waals surface area contributed by atoms with Crippen LogP contribution in [0.15, 0.2) is 41.4 Å². The predicted octanol–water partition coefficient (Wildman–Crippen LogP) is 3.41. The summed E-state index contributed by atoms with van der Waals surface area (Å²) in [4.78, 5) is 15.4. The van der Waals surface area contributed by atoms with Gasteiger partial charge in [-0.2, -0.15) is 11.3 Å². The number of thiophene rings is 1. The van der Waals surface area contributed by atoms with E-state index in [1.54, 1.807) is 29.8 Å². The Morgan fingerprint density at radius 1 is 1.42 bits per heavy atom. The van der Waals surface area contributed by atoms with E-state index in [9.17, 15) is 4.79 Å². The third-order valence-corrected chi connectivity index (χ3v) is 3.98. The minimum absolute atomic E-state index is 0.139. The number of nitrogens with zero attached hydrogens (tertiary/aromatic N) is 2. The second-order valence-corrected chi connectivity index (χ2v) is 5.14. The molecule has 0 saturated heterocycles. The number of aromatic nitrogens is 2. The van der Waals surface area contributed by atoms with Crippen molar-refractivity contribution < 1.29 is 9.90 Å². The molecule has 3 rings (SSSR count). The maximum atomic E-state index is 11.2. The third kappa shape index (κ3) is 1.92. The number of fused-ring (bicyclic) bond motifs is 1. The SMILES string of the molecule is CC(c1ccsc1)n1cnc2c(C(=O)O)cccc21. The summed E-state index contributed by atoms with van der Waals surface area (Å²) in [6, 6.07) is 7.45. The fourth-order valence-electron chi connectivity index (χ4n) is 2.21. The summed E-state index contributed by atoms with van der Waals surface area (Å²) >= 11 is 1.65. The topological polar surface area (TPSA) is 55.1 Å². The van der Waals surface area contributed by atoms with Crippen molar-refractivity contribution in [3.8, 4) is 0 Å². The molecule has 0 spiro atoms. The molecular weight excluding hydrogens is 260 g/mol. The normalized spacial score (nSPS) is 12.7. The van der Waals surface area contributed by atoms with Gasteiger partial charge in [0.05, 0.1) is 23.4 Å². The molecule has 2 aromatic heterocycles. The first kappa shape index (κ1) is 11.9. The molecule has 0 fully saturated rings. The molecule has 1 aromatic carbocycles. The van der Waals surface area contributed by atoms with E-state index in [1.807, 2.05) is 16.0 Å². The Balaban J connectivity index is 2.16. The zero-order valence-corrected chi connectivity index (χ0v) is 11.1. The Morgan fingerprint density at radius 3 is 2.95 bits per heavy atom. The smallest absolute Gasteiger partial charge is 0.337 e. The molecule has 96 valence electrons. The second kappa shape index (κ2) is 4.51. The zero-order chi connectivity index (χ0) is 13.4. The summed E-state index contributed by atoms with van der Waals surface area (Å²) in [7, 11) is 0. The number of carbonyl (C=O) groups is 1. The Labute approximate surface area is 113 Å². The highest BCUT2D eigenvalue weighted by Gasteiger charge is 2.16. The number of hydrogen-bond donors (Lipinski definition) is 1. The van der Waals surface area contributed by atoms with Crippen LogP contribution in [0.4, 0.5) is 0 Å². The Kier molecular flexibility index (Phi) is 2.83. The van der Waals surface area contributed by atoms with E-state index >= 15 is 0 Å². The second-order valence-electron chi connectivity index (χ2n) is 4.36. The molecule has 0 saturated carbocycles. The number of hydrogen-bond acceptors (Lipinski definition) is 3.